The third-order valence-corrected chi connectivity index (χ3v) is 4.37. The summed E-state index contributed by atoms with van der Waals surface area (Å²) in [5.41, 5.74) is 3.51. The van der Waals surface area contributed by atoms with E-state index in [2.05, 4.69) is 40.2 Å². The Balaban J connectivity index is 1.60. The highest BCUT2D eigenvalue weighted by Crippen LogP contribution is 2.27. The highest BCUT2D eigenvalue weighted by atomic mass is 16.3. The number of hydrogen-bond donors (Lipinski definition) is 1. The van der Waals surface area contributed by atoms with Gasteiger partial charge < -0.3 is 10.0 Å². The summed E-state index contributed by atoms with van der Waals surface area (Å²) in [6, 6.07) is 12.8. The summed E-state index contributed by atoms with van der Waals surface area (Å²) in [6.07, 6.45) is 7.18. The minimum atomic E-state index is 0.0626. The van der Waals surface area contributed by atoms with Gasteiger partial charge in [0.05, 0.1) is 6.61 Å². The fourth-order valence-electron chi connectivity index (χ4n) is 3.18. The van der Waals surface area contributed by atoms with Gasteiger partial charge in [-0.1, -0.05) is 30.3 Å². The molecule has 1 aliphatic heterocycles. The van der Waals surface area contributed by atoms with Crippen molar-refractivity contribution in [3.05, 3.63) is 59.9 Å². The highest BCUT2D eigenvalue weighted by Gasteiger charge is 2.21. The molecule has 0 aliphatic carbocycles. The molecule has 0 saturated carbocycles. The lowest BCUT2D eigenvalue weighted by Gasteiger charge is -2.34. The molecule has 2 aromatic rings. The molecule has 0 atom stereocenters. The zero-order valence-electron chi connectivity index (χ0n) is 12.3. The van der Waals surface area contributed by atoms with Crippen molar-refractivity contribution < 1.29 is 5.11 Å². The van der Waals surface area contributed by atoms with Gasteiger partial charge in [-0.3, -0.25) is 4.98 Å². The Hall–Kier alpha value is -1.87. The van der Waals surface area contributed by atoms with E-state index >= 15 is 0 Å². The Morgan fingerprint density at radius 3 is 2.57 bits per heavy atom. The predicted molar refractivity (Wildman–Crippen MR) is 85.2 cm³/mol. The molecule has 1 aromatic heterocycles. The summed E-state index contributed by atoms with van der Waals surface area (Å²) in [4.78, 5) is 6.48. The zero-order valence-corrected chi connectivity index (χ0v) is 12.3. The average molecular weight is 282 g/mol. The number of aliphatic hydroxyl groups excluding tert-OH is 1. The van der Waals surface area contributed by atoms with E-state index in [1.165, 1.54) is 24.8 Å². The van der Waals surface area contributed by atoms with Crippen molar-refractivity contribution in [2.45, 2.75) is 25.9 Å². The van der Waals surface area contributed by atoms with Gasteiger partial charge in [0.15, 0.2) is 0 Å². The Labute approximate surface area is 126 Å². The van der Waals surface area contributed by atoms with Crippen LogP contribution >= 0.6 is 0 Å². The van der Waals surface area contributed by atoms with Crippen LogP contribution in [0.4, 0.5) is 5.69 Å². The van der Waals surface area contributed by atoms with Crippen LogP contribution in [0.5, 0.6) is 0 Å². The lowest BCUT2D eigenvalue weighted by molar-refractivity contribution is 0.281. The molecule has 0 unspecified atom stereocenters. The molecule has 3 heteroatoms. The number of piperidine rings is 1. The number of hydrogen-bond acceptors (Lipinski definition) is 3. The van der Waals surface area contributed by atoms with Crippen LogP contribution in [-0.2, 0) is 13.0 Å². The molecule has 0 radical (unpaired) electrons. The number of benzene rings is 1. The van der Waals surface area contributed by atoms with Gasteiger partial charge in [0.1, 0.15) is 0 Å². The van der Waals surface area contributed by atoms with Crippen LogP contribution in [0.25, 0.3) is 0 Å². The van der Waals surface area contributed by atoms with Crippen molar-refractivity contribution in [3.8, 4) is 0 Å². The molecule has 110 valence electrons. The van der Waals surface area contributed by atoms with Gasteiger partial charge in [0, 0.05) is 36.7 Å². The smallest absolute Gasteiger partial charge is 0.0717 e. The maximum Gasteiger partial charge on any atom is 0.0717 e. The van der Waals surface area contributed by atoms with E-state index in [-0.39, 0.29) is 6.61 Å². The molecule has 0 spiro atoms. The number of anilines is 1. The van der Waals surface area contributed by atoms with Gasteiger partial charge in [0.2, 0.25) is 0 Å². The van der Waals surface area contributed by atoms with Crippen LogP contribution in [0.15, 0.2) is 48.8 Å². The van der Waals surface area contributed by atoms with Crippen LogP contribution in [0.3, 0.4) is 0 Å². The quantitative estimate of drug-likeness (QED) is 0.936. The largest absolute Gasteiger partial charge is 0.392 e. The molecule has 3 rings (SSSR count). The summed E-state index contributed by atoms with van der Waals surface area (Å²) in [6.45, 7) is 2.19. The Kier molecular flexibility index (Phi) is 4.51. The molecular formula is C18H22N2O. The van der Waals surface area contributed by atoms with E-state index in [4.69, 9.17) is 0 Å². The maximum atomic E-state index is 9.43. The molecule has 1 aromatic carbocycles. The van der Waals surface area contributed by atoms with Crippen molar-refractivity contribution >= 4 is 5.69 Å². The number of aromatic nitrogens is 1. The molecule has 1 aliphatic rings. The van der Waals surface area contributed by atoms with Crippen molar-refractivity contribution in [1.29, 1.82) is 0 Å². The number of rotatable bonds is 4. The maximum absolute atomic E-state index is 9.43. The topological polar surface area (TPSA) is 36.4 Å². The molecule has 21 heavy (non-hydrogen) atoms. The van der Waals surface area contributed by atoms with E-state index in [1.54, 1.807) is 6.20 Å². The van der Waals surface area contributed by atoms with E-state index < -0.39 is 0 Å². The van der Waals surface area contributed by atoms with Crippen LogP contribution in [-0.4, -0.2) is 23.2 Å². The highest BCUT2D eigenvalue weighted by molar-refractivity contribution is 5.52. The first kappa shape index (κ1) is 14.1. The van der Waals surface area contributed by atoms with E-state index in [0.29, 0.717) is 0 Å². The molecule has 1 N–H and O–H groups in total. The van der Waals surface area contributed by atoms with Gasteiger partial charge in [-0.2, -0.15) is 0 Å². The molecule has 0 bridgehead atoms. The first-order valence-corrected chi connectivity index (χ1v) is 7.69. The summed E-state index contributed by atoms with van der Waals surface area (Å²) in [5.74, 6) is 0.767. The first-order valence-electron chi connectivity index (χ1n) is 7.69. The van der Waals surface area contributed by atoms with Gasteiger partial charge in [-0.05, 0) is 36.8 Å². The van der Waals surface area contributed by atoms with Gasteiger partial charge >= 0.3 is 0 Å². The molecule has 0 amide bonds. The number of pyridine rings is 1. The second kappa shape index (κ2) is 6.72. The average Bonchev–Trinajstić information content (AvgIpc) is 2.56. The second-order valence-corrected chi connectivity index (χ2v) is 5.78. The number of aliphatic hydroxyl groups is 1. The summed E-state index contributed by atoms with van der Waals surface area (Å²) >= 11 is 0. The van der Waals surface area contributed by atoms with Crippen molar-refractivity contribution in [1.82, 2.24) is 4.98 Å². The Bertz CT molecular complexity index is 562. The van der Waals surface area contributed by atoms with Gasteiger partial charge in [-0.15, -0.1) is 0 Å². The fraction of sp³-hybridized carbons (Fsp3) is 0.389. The third-order valence-electron chi connectivity index (χ3n) is 4.37. The third kappa shape index (κ3) is 3.42. The monoisotopic (exact) mass is 282 g/mol. The molecule has 3 nitrogen and oxygen atoms in total. The van der Waals surface area contributed by atoms with E-state index in [1.807, 2.05) is 12.3 Å². The number of nitrogens with zero attached hydrogens (tertiary/aromatic N) is 2. The summed E-state index contributed by atoms with van der Waals surface area (Å²) in [5, 5.41) is 9.43. The molecular weight excluding hydrogens is 260 g/mol. The molecule has 2 heterocycles. The van der Waals surface area contributed by atoms with Crippen LogP contribution in [0.1, 0.15) is 24.0 Å². The lowest BCUT2D eigenvalue weighted by Crippen LogP contribution is -2.35. The zero-order chi connectivity index (χ0) is 14.5. The predicted octanol–water partition coefficient (Wildman–Crippen LogP) is 3.03. The van der Waals surface area contributed by atoms with Crippen LogP contribution in [0, 0.1) is 5.92 Å². The SMILES string of the molecule is OCc1cnccc1N1CCC(Cc2ccccc2)CC1. The minimum Gasteiger partial charge on any atom is -0.392 e. The van der Waals surface area contributed by atoms with Crippen molar-refractivity contribution in [3.63, 3.8) is 0 Å². The minimum absolute atomic E-state index is 0.0626. The molecule has 1 fully saturated rings. The van der Waals surface area contributed by atoms with Crippen molar-refractivity contribution in [2.24, 2.45) is 5.92 Å². The van der Waals surface area contributed by atoms with Crippen LogP contribution in [0.2, 0.25) is 0 Å². The second-order valence-electron chi connectivity index (χ2n) is 5.78. The normalized spacial score (nSPS) is 16.1. The van der Waals surface area contributed by atoms with Crippen LogP contribution < -0.4 is 4.90 Å². The summed E-state index contributed by atoms with van der Waals surface area (Å²) < 4.78 is 0. The fourth-order valence-corrected chi connectivity index (χ4v) is 3.18. The summed E-state index contributed by atoms with van der Waals surface area (Å²) in [7, 11) is 0. The van der Waals surface area contributed by atoms with E-state index in [0.717, 1.165) is 30.3 Å². The van der Waals surface area contributed by atoms with E-state index in [9.17, 15) is 5.11 Å². The van der Waals surface area contributed by atoms with Crippen molar-refractivity contribution in [2.75, 3.05) is 18.0 Å². The standard InChI is InChI=1S/C18H22N2O/c21-14-17-13-19-9-6-18(17)20-10-7-16(8-11-20)12-15-4-2-1-3-5-15/h1-6,9,13,16,21H,7-8,10-12,14H2. The van der Waals surface area contributed by atoms with Gasteiger partial charge in [-0.25, -0.2) is 0 Å². The first-order chi connectivity index (χ1) is 10.4. The lowest BCUT2D eigenvalue weighted by atomic mass is 9.90. The Morgan fingerprint density at radius 1 is 1.10 bits per heavy atom. The Morgan fingerprint density at radius 2 is 1.86 bits per heavy atom. The van der Waals surface area contributed by atoms with Gasteiger partial charge in [0.25, 0.3) is 0 Å². The molecule has 1 saturated heterocycles.